The number of hydrogen-bond donors (Lipinski definition) is 3. The minimum absolute atomic E-state index is 0.292. The number of carbonyl (C=O) groups is 2. The number of nitrogens with two attached hydrogens (primary N) is 1. The lowest BCUT2D eigenvalue weighted by atomic mass is 9.96. The van der Waals surface area contributed by atoms with Crippen molar-refractivity contribution in [1.82, 2.24) is 4.90 Å². The molecule has 4 rings (SSSR count). The van der Waals surface area contributed by atoms with E-state index in [2.05, 4.69) is 15.5 Å². The molecular weight excluding hydrogens is 493 g/mol. The molecule has 6 nitrogen and oxygen atoms in total. The Kier molecular flexibility index (Phi) is 8.48. The number of benzene rings is 3. The first-order chi connectivity index (χ1) is 18.2. The number of hydrogen-bond acceptors (Lipinski definition) is 4. The molecule has 38 heavy (non-hydrogen) atoms. The highest BCUT2D eigenvalue weighted by atomic mass is 19.4. The van der Waals surface area contributed by atoms with E-state index in [1.165, 1.54) is 18.2 Å². The van der Waals surface area contributed by atoms with Crippen LogP contribution in [0.15, 0.2) is 78.9 Å². The van der Waals surface area contributed by atoms with Gasteiger partial charge in [0, 0.05) is 18.3 Å². The molecule has 1 unspecified atom stereocenters. The van der Waals surface area contributed by atoms with Gasteiger partial charge in [-0.25, -0.2) is 0 Å². The van der Waals surface area contributed by atoms with E-state index < -0.39 is 17.7 Å². The maximum Gasteiger partial charge on any atom is 0.416 e. The van der Waals surface area contributed by atoms with Gasteiger partial charge in [-0.2, -0.15) is 13.2 Å². The summed E-state index contributed by atoms with van der Waals surface area (Å²) in [7, 11) is 0. The monoisotopic (exact) mass is 522 g/mol. The third-order valence-electron chi connectivity index (χ3n) is 6.42. The molecule has 0 spiro atoms. The number of likely N-dealkylation sites (tertiary alicyclic amines) is 1. The van der Waals surface area contributed by atoms with Crippen LogP contribution in [0, 0.1) is 0 Å². The van der Waals surface area contributed by atoms with Crippen molar-refractivity contribution < 1.29 is 22.8 Å². The summed E-state index contributed by atoms with van der Waals surface area (Å²) in [5.41, 5.74) is 7.94. The van der Waals surface area contributed by atoms with Crippen molar-refractivity contribution >= 4 is 35.0 Å². The first kappa shape index (κ1) is 26.9. The molecule has 2 amide bonds. The normalized spacial score (nSPS) is 14.9. The van der Waals surface area contributed by atoms with E-state index in [-0.39, 0.29) is 11.8 Å². The average Bonchev–Trinajstić information content (AvgIpc) is 3.41. The van der Waals surface area contributed by atoms with Crippen LogP contribution in [0.25, 0.3) is 6.08 Å². The van der Waals surface area contributed by atoms with Crippen molar-refractivity contribution in [2.75, 3.05) is 36.0 Å². The predicted molar refractivity (Wildman–Crippen MR) is 143 cm³/mol. The molecule has 3 aromatic carbocycles. The first-order valence-corrected chi connectivity index (χ1v) is 12.3. The maximum absolute atomic E-state index is 13.2. The minimum Gasteiger partial charge on any atom is -0.397 e. The second-order valence-corrected chi connectivity index (χ2v) is 9.20. The molecule has 1 heterocycles. The van der Waals surface area contributed by atoms with E-state index in [4.69, 9.17) is 5.73 Å². The Morgan fingerprint density at radius 1 is 0.921 bits per heavy atom. The van der Waals surface area contributed by atoms with Crippen molar-refractivity contribution in [2.45, 2.75) is 24.9 Å². The van der Waals surface area contributed by atoms with Crippen LogP contribution in [0.4, 0.5) is 30.2 Å². The minimum atomic E-state index is -4.44. The average molecular weight is 523 g/mol. The number of alkyl halides is 3. The quantitative estimate of drug-likeness (QED) is 0.259. The summed E-state index contributed by atoms with van der Waals surface area (Å²) >= 11 is 0. The number of carbonyl (C=O) groups excluding carboxylic acids is 2. The summed E-state index contributed by atoms with van der Waals surface area (Å²) in [6, 6.07) is 18.7. The summed E-state index contributed by atoms with van der Waals surface area (Å²) in [6.45, 7) is 2.29. The highest BCUT2D eigenvalue weighted by molar-refractivity contribution is 6.03. The fourth-order valence-electron chi connectivity index (χ4n) is 4.33. The number of anilines is 3. The predicted octanol–water partition coefficient (Wildman–Crippen LogP) is 5.76. The molecule has 0 bridgehead atoms. The Morgan fingerprint density at radius 3 is 2.21 bits per heavy atom. The van der Waals surface area contributed by atoms with Crippen molar-refractivity contribution in [3.63, 3.8) is 0 Å². The number of halogens is 3. The largest absolute Gasteiger partial charge is 0.416 e. The van der Waals surface area contributed by atoms with E-state index in [1.807, 2.05) is 24.3 Å². The van der Waals surface area contributed by atoms with Gasteiger partial charge in [-0.1, -0.05) is 36.4 Å². The van der Waals surface area contributed by atoms with Crippen LogP contribution < -0.4 is 16.4 Å². The number of nitrogens with zero attached hydrogens (tertiary/aromatic N) is 1. The van der Waals surface area contributed by atoms with Gasteiger partial charge in [0.25, 0.3) is 0 Å². The molecule has 1 fully saturated rings. The van der Waals surface area contributed by atoms with E-state index in [9.17, 15) is 22.8 Å². The molecule has 0 saturated carbocycles. The van der Waals surface area contributed by atoms with Crippen LogP contribution >= 0.6 is 0 Å². The van der Waals surface area contributed by atoms with Crippen molar-refractivity contribution in [1.29, 1.82) is 0 Å². The van der Waals surface area contributed by atoms with E-state index in [0.717, 1.165) is 49.2 Å². The van der Waals surface area contributed by atoms with Gasteiger partial charge in [-0.15, -0.1) is 0 Å². The zero-order valence-corrected chi connectivity index (χ0v) is 20.7. The Labute approximate surface area is 219 Å². The van der Waals surface area contributed by atoms with Gasteiger partial charge in [-0.05, 0) is 79.5 Å². The fraction of sp³-hybridized carbons (Fsp3) is 0.241. The number of nitrogens with one attached hydrogen (secondary N) is 2. The second kappa shape index (κ2) is 12.0. The first-order valence-electron chi connectivity index (χ1n) is 12.3. The summed E-state index contributed by atoms with van der Waals surface area (Å²) in [4.78, 5) is 27.7. The van der Waals surface area contributed by atoms with Gasteiger partial charge >= 0.3 is 6.18 Å². The molecule has 9 heteroatoms. The lowest BCUT2D eigenvalue weighted by Gasteiger charge is -2.23. The van der Waals surface area contributed by atoms with Crippen LogP contribution in [-0.2, 0) is 15.8 Å². The van der Waals surface area contributed by atoms with Crippen LogP contribution in [0.5, 0.6) is 0 Å². The Morgan fingerprint density at radius 2 is 1.58 bits per heavy atom. The number of nitrogen functional groups attached to an aromatic ring is 1. The smallest absolute Gasteiger partial charge is 0.397 e. The molecule has 1 aliphatic heterocycles. The second-order valence-electron chi connectivity index (χ2n) is 9.20. The van der Waals surface area contributed by atoms with Gasteiger partial charge in [0.1, 0.15) is 0 Å². The third-order valence-corrected chi connectivity index (χ3v) is 6.42. The summed E-state index contributed by atoms with van der Waals surface area (Å²) in [5, 5.41) is 5.49. The number of para-hydroxylation sites is 2. The van der Waals surface area contributed by atoms with Crippen molar-refractivity contribution in [2.24, 2.45) is 0 Å². The Hall–Kier alpha value is -4.11. The molecule has 0 aromatic heterocycles. The van der Waals surface area contributed by atoms with Crippen molar-refractivity contribution in [3.05, 3.63) is 95.6 Å². The van der Waals surface area contributed by atoms with Crippen LogP contribution in [-0.4, -0.2) is 36.3 Å². The third kappa shape index (κ3) is 7.23. The zero-order valence-electron chi connectivity index (χ0n) is 20.7. The molecule has 0 radical (unpaired) electrons. The van der Waals surface area contributed by atoms with Gasteiger partial charge in [0.15, 0.2) is 0 Å². The highest BCUT2D eigenvalue weighted by Gasteiger charge is 2.30. The SMILES string of the molecule is Nc1ccccc1NC(=O)C=Cc1ccc(C(CN2CCCC2)C(=O)Nc2ccc(C(F)(F)F)cc2)cc1. The summed E-state index contributed by atoms with van der Waals surface area (Å²) in [5.74, 6) is -1.13. The van der Waals surface area contributed by atoms with Crippen LogP contribution in [0.2, 0.25) is 0 Å². The number of rotatable bonds is 8. The van der Waals surface area contributed by atoms with Crippen LogP contribution in [0.1, 0.15) is 35.4 Å². The summed E-state index contributed by atoms with van der Waals surface area (Å²) < 4.78 is 38.6. The molecule has 1 aliphatic rings. The topological polar surface area (TPSA) is 87.5 Å². The highest BCUT2D eigenvalue weighted by Crippen LogP contribution is 2.30. The van der Waals surface area contributed by atoms with Gasteiger partial charge in [0.2, 0.25) is 11.8 Å². The molecule has 3 aromatic rings. The maximum atomic E-state index is 13.2. The molecule has 4 N–H and O–H groups in total. The molecule has 1 saturated heterocycles. The Balaban J connectivity index is 1.45. The molecule has 1 atom stereocenters. The molecular formula is C29H29F3N4O2. The van der Waals surface area contributed by atoms with E-state index in [1.54, 1.807) is 30.3 Å². The van der Waals surface area contributed by atoms with Gasteiger partial charge in [0.05, 0.1) is 22.9 Å². The van der Waals surface area contributed by atoms with E-state index >= 15 is 0 Å². The van der Waals surface area contributed by atoms with Crippen LogP contribution in [0.3, 0.4) is 0 Å². The lowest BCUT2D eigenvalue weighted by Crippen LogP contribution is -2.33. The Bertz CT molecular complexity index is 1280. The van der Waals surface area contributed by atoms with Gasteiger partial charge < -0.3 is 21.3 Å². The van der Waals surface area contributed by atoms with Gasteiger partial charge in [-0.3, -0.25) is 9.59 Å². The number of amides is 2. The van der Waals surface area contributed by atoms with E-state index in [0.29, 0.717) is 23.6 Å². The lowest BCUT2D eigenvalue weighted by molar-refractivity contribution is -0.137. The fourth-order valence-corrected chi connectivity index (χ4v) is 4.33. The molecule has 0 aliphatic carbocycles. The summed E-state index contributed by atoms with van der Waals surface area (Å²) in [6.07, 6.45) is 0.754. The van der Waals surface area contributed by atoms with Crippen molar-refractivity contribution in [3.8, 4) is 0 Å². The standard InChI is InChI=1S/C29H29F3N4O2/c30-29(31,32)22-12-14-23(15-13-22)34-28(38)24(19-36-17-3-4-18-36)21-10-7-20(8-11-21)9-16-27(37)35-26-6-2-1-5-25(26)33/h1-2,5-16,24H,3-4,17-19,33H2,(H,34,38)(H,35,37). The zero-order chi connectivity index (χ0) is 27.1. The molecule has 198 valence electrons.